The van der Waals surface area contributed by atoms with E-state index in [0.29, 0.717) is 0 Å². The van der Waals surface area contributed by atoms with Crippen molar-refractivity contribution in [3.8, 4) is 0 Å². The van der Waals surface area contributed by atoms with Crippen LogP contribution in [0.5, 0.6) is 0 Å². The molecule has 0 radical (unpaired) electrons. The SMILES string of the molecule is Cc1ccccc1.NC(N)=O. The van der Waals surface area contributed by atoms with Gasteiger partial charge in [-0.25, -0.2) is 4.79 Å². The standard InChI is InChI=1S/C7H8.CH4N2O/c1-7-5-3-2-4-6-7;2-1(3)4/h2-6H,1H3;(H4,2,3,4). The van der Waals surface area contributed by atoms with Gasteiger partial charge in [0.05, 0.1) is 0 Å². The predicted octanol–water partition coefficient (Wildman–Crippen LogP) is 1.02. The van der Waals surface area contributed by atoms with E-state index >= 15 is 0 Å². The van der Waals surface area contributed by atoms with Gasteiger partial charge in [0.2, 0.25) is 0 Å². The van der Waals surface area contributed by atoms with Crippen LogP contribution in [-0.4, -0.2) is 6.03 Å². The van der Waals surface area contributed by atoms with Crippen molar-refractivity contribution < 1.29 is 4.79 Å². The number of urea groups is 1. The minimum Gasteiger partial charge on any atom is -0.352 e. The first-order valence-corrected chi connectivity index (χ1v) is 3.19. The Morgan fingerprint density at radius 2 is 1.55 bits per heavy atom. The molecular weight excluding hydrogens is 140 g/mol. The van der Waals surface area contributed by atoms with Gasteiger partial charge in [-0.2, -0.15) is 0 Å². The van der Waals surface area contributed by atoms with Gasteiger partial charge in [0.25, 0.3) is 0 Å². The molecule has 0 heterocycles. The summed E-state index contributed by atoms with van der Waals surface area (Å²) in [7, 11) is 0. The first-order valence-electron chi connectivity index (χ1n) is 3.19. The van der Waals surface area contributed by atoms with E-state index in [2.05, 4.69) is 30.5 Å². The zero-order chi connectivity index (χ0) is 8.69. The highest BCUT2D eigenvalue weighted by Crippen LogP contribution is 1.92. The lowest BCUT2D eigenvalue weighted by atomic mass is 10.2. The lowest BCUT2D eigenvalue weighted by molar-refractivity contribution is 0.256. The molecule has 3 nitrogen and oxygen atoms in total. The number of primary amides is 2. The molecular formula is C8H12N2O. The maximum Gasteiger partial charge on any atom is 0.309 e. The minimum atomic E-state index is -0.833. The number of hydrogen-bond acceptors (Lipinski definition) is 1. The van der Waals surface area contributed by atoms with Crippen LogP contribution in [0.2, 0.25) is 0 Å². The molecule has 60 valence electrons. The summed E-state index contributed by atoms with van der Waals surface area (Å²) in [6, 6.07) is 9.43. The molecule has 0 atom stereocenters. The summed E-state index contributed by atoms with van der Waals surface area (Å²) < 4.78 is 0. The number of carbonyl (C=O) groups is 1. The van der Waals surface area contributed by atoms with Crippen LogP contribution in [0.15, 0.2) is 30.3 Å². The van der Waals surface area contributed by atoms with Gasteiger partial charge in [-0.1, -0.05) is 35.9 Å². The Morgan fingerprint density at radius 3 is 1.73 bits per heavy atom. The fourth-order valence-corrected chi connectivity index (χ4v) is 0.534. The van der Waals surface area contributed by atoms with Crippen molar-refractivity contribution in [2.45, 2.75) is 6.92 Å². The quantitative estimate of drug-likeness (QED) is 0.572. The van der Waals surface area contributed by atoms with Crippen molar-refractivity contribution >= 4 is 6.03 Å². The Morgan fingerprint density at radius 1 is 1.18 bits per heavy atom. The van der Waals surface area contributed by atoms with E-state index in [1.54, 1.807) is 0 Å². The highest BCUT2D eigenvalue weighted by Gasteiger charge is 1.72. The summed E-state index contributed by atoms with van der Waals surface area (Å²) in [4.78, 5) is 9.00. The summed E-state index contributed by atoms with van der Waals surface area (Å²) >= 11 is 0. The van der Waals surface area contributed by atoms with Crippen LogP contribution in [0.3, 0.4) is 0 Å². The fourth-order valence-electron chi connectivity index (χ4n) is 0.534. The molecule has 0 saturated carbocycles. The molecule has 1 aromatic rings. The van der Waals surface area contributed by atoms with Gasteiger partial charge >= 0.3 is 6.03 Å². The van der Waals surface area contributed by atoms with Gasteiger partial charge in [-0.3, -0.25) is 0 Å². The van der Waals surface area contributed by atoms with E-state index in [4.69, 9.17) is 4.79 Å². The van der Waals surface area contributed by atoms with E-state index in [0.717, 1.165) is 0 Å². The van der Waals surface area contributed by atoms with E-state index < -0.39 is 6.03 Å². The molecule has 1 aromatic carbocycles. The number of nitrogens with two attached hydrogens (primary N) is 2. The lowest BCUT2D eigenvalue weighted by Gasteiger charge is -1.82. The summed E-state index contributed by atoms with van der Waals surface area (Å²) in [6.07, 6.45) is 0. The highest BCUT2D eigenvalue weighted by atomic mass is 16.2. The van der Waals surface area contributed by atoms with Gasteiger partial charge in [-0.15, -0.1) is 0 Å². The number of aryl methyl sites for hydroxylation is 1. The molecule has 11 heavy (non-hydrogen) atoms. The molecule has 0 bridgehead atoms. The summed E-state index contributed by atoms with van der Waals surface area (Å²) in [5.41, 5.74) is 9.82. The first-order chi connectivity index (χ1) is 5.13. The molecule has 0 unspecified atom stereocenters. The van der Waals surface area contributed by atoms with Crippen molar-refractivity contribution in [3.05, 3.63) is 35.9 Å². The third-order valence-corrected chi connectivity index (χ3v) is 0.940. The van der Waals surface area contributed by atoms with Crippen molar-refractivity contribution in [1.82, 2.24) is 0 Å². The molecule has 0 spiro atoms. The normalized spacial score (nSPS) is 7.73. The first kappa shape index (κ1) is 9.49. The minimum absolute atomic E-state index is 0.833. The van der Waals surface area contributed by atoms with E-state index in [1.165, 1.54) is 5.56 Å². The second-order valence-electron chi connectivity index (χ2n) is 2.06. The molecule has 0 saturated heterocycles. The maximum absolute atomic E-state index is 9.00. The van der Waals surface area contributed by atoms with Gasteiger partial charge in [-0.05, 0) is 6.92 Å². The number of hydrogen-bond donors (Lipinski definition) is 2. The van der Waals surface area contributed by atoms with Crippen molar-refractivity contribution in [2.24, 2.45) is 11.5 Å². The summed E-state index contributed by atoms with van der Waals surface area (Å²) in [6.45, 7) is 2.08. The zero-order valence-corrected chi connectivity index (χ0v) is 6.45. The van der Waals surface area contributed by atoms with E-state index in [-0.39, 0.29) is 0 Å². The van der Waals surface area contributed by atoms with Crippen LogP contribution in [-0.2, 0) is 0 Å². The highest BCUT2D eigenvalue weighted by molar-refractivity contribution is 5.69. The Kier molecular flexibility index (Phi) is 4.56. The molecule has 2 amide bonds. The number of amides is 2. The third kappa shape index (κ3) is 8.49. The second-order valence-corrected chi connectivity index (χ2v) is 2.06. The average molecular weight is 152 g/mol. The van der Waals surface area contributed by atoms with Crippen LogP contribution >= 0.6 is 0 Å². The molecule has 1 rings (SSSR count). The smallest absolute Gasteiger partial charge is 0.309 e. The summed E-state index contributed by atoms with van der Waals surface area (Å²) in [5.74, 6) is 0. The number of benzene rings is 1. The average Bonchev–Trinajstić information content (AvgIpc) is 1.87. The lowest BCUT2D eigenvalue weighted by Crippen LogP contribution is -2.18. The Bertz CT molecular complexity index is 205. The molecule has 0 fully saturated rings. The molecule has 4 N–H and O–H groups in total. The Balaban J connectivity index is 0.000000218. The van der Waals surface area contributed by atoms with Crippen molar-refractivity contribution in [3.63, 3.8) is 0 Å². The second kappa shape index (κ2) is 5.29. The van der Waals surface area contributed by atoms with Gasteiger partial charge in [0.1, 0.15) is 0 Å². The zero-order valence-electron chi connectivity index (χ0n) is 6.45. The fraction of sp³-hybridized carbons (Fsp3) is 0.125. The predicted molar refractivity (Wildman–Crippen MR) is 44.9 cm³/mol. The van der Waals surface area contributed by atoms with Crippen LogP contribution < -0.4 is 11.5 Å². The van der Waals surface area contributed by atoms with Gasteiger partial charge in [0.15, 0.2) is 0 Å². The maximum atomic E-state index is 9.00. The largest absolute Gasteiger partial charge is 0.352 e. The molecule has 3 heteroatoms. The topological polar surface area (TPSA) is 69.1 Å². The van der Waals surface area contributed by atoms with Crippen LogP contribution in [0.1, 0.15) is 5.56 Å². The summed E-state index contributed by atoms with van der Waals surface area (Å²) in [5, 5.41) is 0. The molecule has 0 aliphatic carbocycles. The van der Waals surface area contributed by atoms with E-state index in [9.17, 15) is 0 Å². The van der Waals surface area contributed by atoms with Crippen molar-refractivity contribution in [2.75, 3.05) is 0 Å². The Hall–Kier alpha value is -1.51. The van der Waals surface area contributed by atoms with Crippen LogP contribution in [0.4, 0.5) is 4.79 Å². The number of carbonyl (C=O) groups excluding carboxylic acids is 1. The van der Waals surface area contributed by atoms with Crippen molar-refractivity contribution in [1.29, 1.82) is 0 Å². The monoisotopic (exact) mass is 152 g/mol. The van der Waals surface area contributed by atoms with Crippen LogP contribution in [0.25, 0.3) is 0 Å². The molecule has 0 aliphatic heterocycles. The van der Waals surface area contributed by atoms with Gasteiger partial charge < -0.3 is 11.5 Å². The molecule has 0 aliphatic rings. The molecule has 0 aromatic heterocycles. The third-order valence-electron chi connectivity index (χ3n) is 0.940. The Labute approximate surface area is 66.0 Å². The van der Waals surface area contributed by atoms with E-state index in [1.807, 2.05) is 18.2 Å². The number of rotatable bonds is 0. The van der Waals surface area contributed by atoms with Gasteiger partial charge in [0, 0.05) is 0 Å². The van der Waals surface area contributed by atoms with Crippen LogP contribution in [0, 0.1) is 6.92 Å².